The van der Waals surface area contributed by atoms with E-state index in [4.69, 9.17) is 10.5 Å². The van der Waals surface area contributed by atoms with Crippen molar-refractivity contribution in [2.24, 2.45) is 5.73 Å². The first-order valence-electron chi connectivity index (χ1n) is 7.10. The topological polar surface area (TPSA) is 81.4 Å². The molecule has 0 aliphatic heterocycles. The number of carbonyl (C=O) groups excluding carboxylic acids is 2. The Hall–Kier alpha value is -2.96. The zero-order chi connectivity index (χ0) is 17.7. The van der Waals surface area contributed by atoms with Gasteiger partial charge in [-0.25, -0.2) is 8.78 Å². The molecule has 2 aromatic carbocycles. The van der Waals surface area contributed by atoms with Crippen molar-refractivity contribution in [3.63, 3.8) is 0 Å². The van der Waals surface area contributed by atoms with Crippen LogP contribution in [0.25, 0.3) is 0 Å². The van der Waals surface area contributed by atoms with Gasteiger partial charge in [0.25, 0.3) is 5.91 Å². The standard InChI is InChI=1S/C17H16F2N2O3/c1-24-14-8-3-2-5-10(14)9-13(16(20)22)21-17(23)11-6-4-7-12(18)15(11)19/h2-8,13H,9H2,1H3,(H2,20,22)(H,21,23)/t13-/m1/s1. The Balaban J connectivity index is 2.21. The van der Waals surface area contributed by atoms with Crippen LogP contribution >= 0.6 is 0 Å². The number of methoxy groups -OCH3 is 1. The molecule has 2 amide bonds. The predicted octanol–water partition coefficient (Wildman–Crippen LogP) is 1.80. The van der Waals surface area contributed by atoms with E-state index >= 15 is 0 Å². The minimum absolute atomic E-state index is 0.0576. The quantitative estimate of drug-likeness (QED) is 0.845. The second kappa shape index (κ2) is 7.54. The van der Waals surface area contributed by atoms with Gasteiger partial charge < -0.3 is 15.8 Å². The second-order valence-electron chi connectivity index (χ2n) is 5.05. The molecule has 0 saturated heterocycles. The summed E-state index contributed by atoms with van der Waals surface area (Å²) in [5.74, 6) is -3.63. The first-order valence-corrected chi connectivity index (χ1v) is 7.10. The summed E-state index contributed by atoms with van der Waals surface area (Å²) in [6, 6.07) is 9.02. The molecule has 3 N–H and O–H groups in total. The number of halogens is 2. The summed E-state index contributed by atoms with van der Waals surface area (Å²) in [5, 5.41) is 2.32. The third-order valence-corrected chi connectivity index (χ3v) is 3.46. The lowest BCUT2D eigenvalue weighted by atomic mass is 10.0. The third kappa shape index (κ3) is 3.87. The maximum Gasteiger partial charge on any atom is 0.255 e. The molecule has 7 heteroatoms. The van der Waals surface area contributed by atoms with Crippen LogP contribution < -0.4 is 15.8 Å². The average molecular weight is 334 g/mol. The monoisotopic (exact) mass is 334 g/mol. The Morgan fingerprint density at radius 2 is 1.88 bits per heavy atom. The Morgan fingerprint density at radius 1 is 1.17 bits per heavy atom. The van der Waals surface area contributed by atoms with E-state index in [9.17, 15) is 18.4 Å². The van der Waals surface area contributed by atoms with Gasteiger partial charge in [0.15, 0.2) is 11.6 Å². The maximum absolute atomic E-state index is 13.7. The van der Waals surface area contributed by atoms with Crippen LogP contribution in [0.3, 0.4) is 0 Å². The third-order valence-electron chi connectivity index (χ3n) is 3.46. The Labute approximate surface area is 137 Å². The lowest BCUT2D eigenvalue weighted by Crippen LogP contribution is -2.46. The van der Waals surface area contributed by atoms with Crippen LogP contribution in [0.15, 0.2) is 42.5 Å². The van der Waals surface area contributed by atoms with Gasteiger partial charge in [0, 0.05) is 6.42 Å². The first-order chi connectivity index (χ1) is 11.4. The summed E-state index contributed by atoms with van der Waals surface area (Å²) in [5.41, 5.74) is 5.45. The van der Waals surface area contributed by atoms with Crippen molar-refractivity contribution in [2.45, 2.75) is 12.5 Å². The molecule has 2 rings (SSSR count). The van der Waals surface area contributed by atoms with Crippen molar-refractivity contribution >= 4 is 11.8 Å². The summed E-state index contributed by atoms with van der Waals surface area (Å²) < 4.78 is 32.1. The number of nitrogens with one attached hydrogen (secondary N) is 1. The Morgan fingerprint density at radius 3 is 2.54 bits per heavy atom. The van der Waals surface area contributed by atoms with Gasteiger partial charge in [-0.2, -0.15) is 0 Å². The van der Waals surface area contributed by atoms with Crippen LogP contribution in [-0.4, -0.2) is 25.0 Å². The Bertz CT molecular complexity index is 765. The highest BCUT2D eigenvalue weighted by Gasteiger charge is 2.23. The van der Waals surface area contributed by atoms with Crippen LogP contribution in [-0.2, 0) is 11.2 Å². The normalized spacial score (nSPS) is 11.6. The second-order valence-corrected chi connectivity index (χ2v) is 5.05. The molecular formula is C17H16F2N2O3. The number of ether oxygens (including phenoxy) is 1. The average Bonchev–Trinajstić information content (AvgIpc) is 2.57. The highest BCUT2D eigenvalue weighted by molar-refractivity contribution is 5.97. The number of amides is 2. The molecule has 24 heavy (non-hydrogen) atoms. The van der Waals surface area contributed by atoms with Crippen LogP contribution in [0, 0.1) is 11.6 Å². The fraction of sp³-hybridized carbons (Fsp3) is 0.176. The van der Waals surface area contributed by atoms with E-state index in [-0.39, 0.29) is 6.42 Å². The molecule has 1 atom stereocenters. The van der Waals surface area contributed by atoms with Gasteiger partial charge in [0.2, 0.25) is 5.91 Å². The lowest BCUT2D eigenvalue weighted by Gasteiger charge is -2.17. The van der Waals surface area contributed by atoms with Crippen LogP contribution in [0.1, 0.15) is 15.9 Å². The van der Waals surface area contributed by atoms with Crippen LogP contribution in [0.2, 0.25) is 0 Å². The molecule has 2 aromatic rings. The molecule has 0 unspecified atom stereocenters. The molecule has 0 radical (unpaired) electrons. The number of primary amides is 1. The minimum Gasteiger partial charge on any atom is -0.496 e. The Kier molecular flexibility index (Phi) is 5.47. The van der Waals surface area contributed by atoms with Crippen molar-refractivity contribution < 1.29 is 23.1 Å². The number of hydrogen-bond donors (Lipinski definition) is 2. The first kappa shape index (κ1) is 17.4. The smallest absolute Gasteiger partial charge is 0.255 e. The van der Waals surface area contributed by atoms with Gasteiger partial charge in [-0.3, -0.25) is 9.59 Å². The van der Waals surface area contributed by atoms with Gasteiger partial charge in [-0.1, -0.05) is 24.3 Å². The lowest BCUT2D eigenvalue weighted by molar-refractivity contribution is -0.119. The van der Waals surface area contributed by atoms with Gasteiger partial charge in [0.1, 0.15) is 11.8 Å². The molecule has 0 bridgehead atoms. The molecule has 0 aliphatic rings. The van der Waals surface area contributed by atoms with E-state index in [0.717, 1.165) is 12.1 Å². The van der Waals surface area contributed by atoms with Crippen molar-refractivity contribution in [1.82, 2.24) is 5.32 Å². The zero-order valence-electron chi connectivity index (χ0n) is 12.9. The molecule has 0 aromatic heterocycles. The number of para-hydroxylation sites is 1. The molecule has 0 aliphatic carbocycles. The van der Waals surface area contributed by atoms with Gasteiger partial charge in [0.05, 0.1) is 12.7 Å². The summed E-state index contributed by atoms with van der Waals surface area (Å²) in [6.45, 7) is 0. The fourth-order valence-corrected chi connectivity index (χ4v) is 2.23. The van der Waals surface area contributed by atoms with Crippen molar-refractivity contribution in [3.05, 3.63) is 65.2 Å². The van der Waals surface area contributed by atoms with Crippen molar-refractivity contribution in [3.8, 4) is 5.75 Å². The number of rotatable bonds is 6. The van der Waals surface area contributed by atoms with Gasteiger partial charge in [-0.05, 0) is 23.8 Å². The SMILES string of the molecule is COc1ccccc1C[C@@H](NC(=O)c1cccc(F)c1F)C(N)=O. The number of carbonyl (C=O) groups is 2. The molecule has 5 nitrogen and oxygen atoms in total. The molecule has 0 saturated carbocycles. The summed E-state index contributed by atoms with van der Waals surface area (Å²) in [6.07, 6.45) is 0.0576. The van der Waals surface area contributed by atoms with Crippen molar-refractivity contribution in [1.29, 1.82) is 0 Å². The zero-order valence-corrected chi connectivity index (χ0v) is 12.9. The van der Waals surface area contributed by atoms with Crippen LogP contribution in [0.5, 0.6) is 5.75 Å². The minimum atomic E-state index is -1.28. The van der Waals surface area contributed by atoms with Crippen molar-refractivity contribution in [2.75, 3.05) is 7.11 Å². The summed E-state index contributed by atoms with van der Waals surface area (Å²) in [7, 11) is 1.47. The molecule has 0 spiro atoms. The number of benzene rings is 2. The van der Waals surface area contributed by atoms with E-state index in [2.05, 4.69) is 5.32 Å². The molecular weight excluding hydrogens is 318 g/mol. The van der Waals surface area contributed by atoms with Gasteiger partial charge >= 0.3 is 0 Å². The molecule has 0 heterocycles. The van der Waals surface area contributed by atoms with E-state index in [1.165, 1.54) is 13.2 Å². The van der Waals surface area contributed by atoms with E-state index in [1.54, 1.807) is 24.3 Å². The van der Waals surface area contributed by atoms with E-state index in [1.807, 2.05) is 0 Å². The fourth-order valence-electron chi connectivity index (χ4n) is 2.23. The van der Waals surface area contributed by atoms with Crippen LogP contribution in [0.4, 0.5) is 8.78 Å². The van der Waals surface area contributed by atoms with E-state index in [0.29, 0.717) is 11.3 Å². The maximum atomic E-state index is 13.7. The highest BCUT2D eigenvalue weighted by atomic mass is 19.2. The molecule has 126 valence electrons. The number of hydrogen-bond acceptors (Lipinski definition) is 3. The highest BCUT2D eigenvalue weighted by Crippen LogP contribution is 2.19. The van der Waals surface area contributed by atoms with E-state index < -0.39 is 35.1 Å². The summed E-state index contributed by atoms with van der Waals surface area (Å²) in [4.78, 5) is 23.7. The molecule has 0 fully saturated rings. The largest absolute Gasteiger partial charge is 0.496 e. The predicted molar refractivity (Wildman–Crippen MR) is 83.5 cm³/mol. The summed E-state index contributed by atoms with van der Waals surface area (Å²) >= 11 is 0. The number of nitrogens with two attached hydrogens (primary N) is 1. The van der Waals surface area contributed by atoms with Gasteiger partial charge in [-0.15, -0.1) is 0 Å².